The van der Waals surface area contributed by atoms with Crippen molar-refractivity contribution < 1.29 is 14.3 Å². The molecular weight excluding hydrogens is 410 g/mol. The molecule has 2 N–H and O–H groups in total. The molecule has 0 aliphatic carbocycles. The van der Waals surface area contributed by atoms with Gasteiger partial charge in [0, 0.05) is 27.4 Å². The first-order chi connectivity index (χ1) is 13.1. The van der Waals surface area contributed by atoms with E-state index in [-0.39, 0.29) is 6.04 Å². The normalized spacial score (nSPS) is 17.2. The van der Waals surface area contributed by atoms with Gasteiger partial charge in [0.25, 0.3) is 0 Å². The quantitative estimate of drug-likeness (QED) is 0.440. The molecule has 1 aliphatic heterocycles. The highest BCUT2D eigenvalue weighted by molar-refractivity contribution is 9.10. The van der Waals surface area contributed by atoms with Gasteiger partial charge in [-0.25, -0.2) is 9.78 Å². The Kier molecular flexibility index (Phi) is 3.72. The zero-order valence-electron chi connectivity index (χ0n) is 14.3. The minimum absolute atomic E-state index is 0.205. The van der Waals surface area contributed by atoms with Crippen LogP contribution in [0.2, 0.25) is 0 Å². The Bertz CT molecular complexity index is 1180. The van der Waals surface area contributed by atoms with Crippen molar-refractivity contribution in [3.05, 3.63) is 52.9 Å². The van der Waals surface area contributed by atoms with Crippen molar-refractivity contribution >= 4 is 44.0 Å². The Hall–Kier alpha value is -2.80. The molecule has 1 atom stereocenters. The summed E-state index contributed by atoms with van der Waals surface area (Å²) in [6, 6.07) is 11.9. The lowest BCUT2D eigenvalue weighted by atomic mass is 10.1. The molecule has 1 fully saturated rings. The van der Waals surface area contributed by atoms with E-state index in [4.69, 9.17) is 4.42 Å². The van der Waals surface area contributed by atoms with Crippen molar-refractivity contribution in [3.8, 4) is 11.3 Å². The summed E-state index contributed by atoms with van der Waals surface area (Å²) >= 11 is 3.47. The molecule has 27 heavy (non-hydrogen) atoms. The predicted molar refractivity (Wildman–Crippen MR) is 106 cm³/mol. The van der Waals surface area contributed by atoms with Gasteiger partial charge in [-0.1, -0.05) is 22.0 Å². The number of carbonyl (C=O) groups is 1. The Morgan fingerprint density at radius 2 is 2.00 bits per heavy atom. The number of carboxylic acid groups (broad SMARTS) is 1. The van der Waals surface area contributed by atoms with Gasteiger partial charge in [-0.2, -0.15) is 0 Å². The summed E-state index contributed by atoms with van der Waals surface area (Å²) in [6.45, 7) is 0.552. The van der Waals surface area contributed by atoms with Gasteiger partial charge in [-0.3, -0.25) is 4.90 Å². The molecule has 5 rings (SSSR count). The number of aromatic nitrogens is 2. The first-order valence-corrected chi connectivity index (χ1v) is 9.56. The number of fused-ring (bicyclic) bond motifs is 3. The fourth-order valence-electron chi connectivity index (χ4n) is 3.85. The summed E-state index contributed by atoms with van der Waals surface area (Å²) in [4.78, 5) is 20.6. The highest BCUT2D eigenvalue weighted by atomic mass is 79.9. The predicted octanol–water partition coefficient (Wildman–Crippen LogP) is 5.55. The van der Waals surface area contributed by atoms with Crippen LogP contribution in [0.25, 0.3) is 33.2 Å². The fourth-order valence-corrected chi connectivity index (χ4v) is 4.19. The smallest absolute Gasteiger partial charge is 0.407 e. The van der Waals surface area contributed by atoms with Gasteiger partial charge in [0.05, 0.1) is 17.9 Å². The number of furan rings is 1. The zero-order chi connectivity index (χ0) is 18.5. The van der Waals surface area contributed by atoms with E-state index in [1.165, 1.54) is 4.90 Å². The molecule has 3 heterocycles. The third kappa shape index (κ3) is 2.70. The van der Waals surface area contributed by atoms with E-state index in [1.54, 1.807) is 6.20 Å². The number of halogens is 1. The lowest BCUT2D eigenvalue weighted by Crippen LogP contribution is -2.29. The molecule has 1 amide bonds. The summed E-state index contributed by atoms with van der Waals surface area (Å²) in [5.41, 5.74) is 3.46. The Balaban J connectivity index is 1.53. The molecular formula is C20H16BrN3O3. The number of amides is 1. The standard InChI is InChI=1S/C20H16BrN3O3/c21-12-4-6-14-13-5-3-11(8-17(13)27-18(14)9-12)15-10-22-19(23-15)16-2-1-7-24(16)20(25)26/h3-6,8-10,16H,1-2,7H2,(H,22,23)(H,25,26). The van der Waals surface area contributed by atoms with E-state index in [1.807, 2.05) is 36.4 Å². The second-order valence-electron chi connectivity index (χ2n) is 6.77. The Labute approximate surface area is 162 Å². The molecule has 0 radical (unpaired) electrons. The summed E-state index contributed by atoms with van der Waals surface area (Å²) < 4.78 is 6.98. The summed E-state index contributed by atoms with van der Waals surface area (Å²) in [5.74, 6) is 0.693. The Morgan fingerprint density at radius 3 is 2.81 bits per heavy atom. The molecule has 0 saturated carbocycles. The van der Waals surface area contributed by atoms with Gasteiger partial charge in [-0.05, 0) is 43.2 Å². The maximum absolute atomic E-state index is 11.4. The minimum Gasteiger partial charge on any atom is -0.465 e. The lowest BCUT2D eigenvalue weighted by molar-refractivity contribution is 0.139. The third-order valence-electron chi connectivity index (χ3n) is 5.16. The maximum atomic E-state index is 11.4. The number of benzene rings is 2. The second-order valence-corrected chi connectivity index (χ2v) is 7.69. The number of nitrogens with zero attached hydrogens (tertiary/aromatic N) is 2. The van der Waals surface area contributed by atoms with Crippen LogP contribution in [-0.2, 0) is 0 Å². The van der Waals surface area contributed by atoms with Crippen molar-refractivity contribution in [2.45, 2.75) is 18.9 Å². The lowest BCUT2D eigenvalue weighted by Gasteiger charge is -2.19. The zero-order valence-corrected chi connectivity index (χ0v) is 15.9. The number of rotatable bonds is 2. The van der Waals surface area contributed by atoms with Crippen molar-refractivity contribution in [3.63, 3.8) is 0 Å². The van der Waals surface area contributed by atoms with Gasteiger partial charge in [0.15, 0.2) is 0 Å². The molecule has 0 spiro atoms. The summed E-state index contributed by atoms with van der Waals surface area (Å²) in [5, 5.41) is 11.5. The van der Waals surface area contributed by atoms with E-state index < -0.39 is 6.09 Å². The molecule has 0 bridgehead atoms. The second kappa shape index (κ2) is 6.13. The largest absolute Gasteiger partial charge is 0.465 e. The monoisotopic (exact) mass is 425 g/mol. The number of hydrogen-bond donors (Lipinski definition) is 2. The van der Waals surface area contributed by atoms with Crippen molar-refractivity contribution in [2.24, 2.45) is 0 Å². The average Bonchev–Trinajstić information content (AvgIpc) is 3.37. The fraction of sp³-hybridized carbons (Fsp3) is 0.200. The van der Waals surface area contributed by atoms with E-state index in [0.29, 0.717) is 12.4 Å². The summed E-state index contributed by atoms with van der Waals surface area (Å²) in [7, 11) is 0. The number of imidazole rings is 1. The van der Waals surface area contributed by atoms with E-state index in [0.717, 1.165) is 50.5 Å². The van der Waals surface area contributed by atoms with E-state index in [9.17, 15) is 9.90 Å². The van der Waals surface area contributed by atoms with Crippen molar-refractivity contribution in [1.82, 2.24) is 14.9 Å². The van der Waals surface area contributed by atoms with Gasteiger partial charge >= 0.3 is 6.09 Å². The Morgan fingerprint density at radius 1 is 1.22 bits per heavy atom. The van der Waals surface area contributed by atoms with Crippen LogP contribution in [0.15, 0.2) is 51.5 Å². The van der Waals surface area contributed by atoms with Crippen LogP contribution in [0, 0.1) is 0 Å². The molecule has 2 aromatic heterocycles. The van der Waals surface area contributed by atoms with Gasteiger partial charge in [0.1, 0.15) is 17.0 Å². The third-order valence-corrected chi connectivity index (χ3v) is 5.65. The number of hydrogen-bond acceptors (Lipinski definition) is 3. The van der Waals surface area contributed by atoms with Crippen LogP contribution in [-0.4, -0.2) is 32.6 Å². The number of aromatic amines is 1. The molecule has 4 aromatic rings. The molecule has 1 saturated heterocycles. The number of nitrogens with one attached hydrogen (secondary N) is 1. The molecule has 7 heteroatoms. The first-order valence-electron chi connectivity index (χ1n) is 8.77. The number of H-pyrrole nitrogens is 1. The first kappa shape index (κ1) is 16.4. The van der Waals surface area contributed by atoms with E-state index >= 15 is 0 Å². The topological polar surface area (TPSA) is 82.4 Å². The molecule has 1 unspecified atom stereocenters. The van der Waals surface area contributed by atoms with E-state index in [2.05, 4.69) is 25.9 Å². The average molecular weight is 426 g/mol. The molecule has 1 aliphatic rings. The van der Waals surface area contributed by atoms with Crippen LogP contribution in [0.1, 0.15) is 24.7 Å². The maximum Gasteiger partial charge on any atom is 0.407 e. The van der Waals surface area contributed by atoms with Crippen molar-refractivity contribution in [2.75, 3.05) is 6.54 Å². The SMILES string of the molecule is O=C(O)N1CCCC1c1ncc(-c2ccc3c(c2)oc2cc(Br)ccc23)[nH]1. The van der Waals surface area contributed by atoms with Crippen molar-refractivity contribution in [1.29, 1.82) is 0 Å². The van der Waals surface area contributed by atoms with Crippen LogP contribution < -0.4 is 0 Å². The summed E-state index contributed by atoms with van der Waals surface area (Å²) in [6.07, 6.45) is 2.50. The van der Waals surface area contributed by atoms with Crippen LogP contribution in [0.4, 0.5) is 4.79 Å². The minimum atomic E-state index is -0.898. The number of likely N-dealkylation sites (tertiary alicyclic amines) is 1. The van der Waals surface area contributed by atoms with Gasteiger partial charge in [-0.15, -0.1) is 0 Å². The van der Waals surface area contributed by atoms with Gasteiger partial charge in [0.2, 0.25) is 0 Å². The molecule has 136 valence electrons. The van der Waals surface area contributed by atoms with Crippen LogP contribution >= 0.6 is 15.9 Å². The van der Waals surface area contributed by atoms with Crippen LogP contribution in [0.3, 0.4) is 0 Å². The van der Waals surface area contributed by atoms with Crippen LogP contribution in [0.5, 0.6) is 0 Å². The van der Waals surface area contributed by atoms with Gasteiger partial charge < -0.3 is 14.5 Å². The highest BCUT2D eigenvalue weighted by Crippen LogP contribution is 2.35. The molecule has 6 nitrogen and oxygen atoms in total. The highest BCUT2D eigenvalue weighted by Gasteiger charge is 2.31. The molecule has 2 aromatic carbocycles.